The number of fused-ring (bicyclic) bond motifs is 1. The van der Waals surface area contributed by atoms with Gasteiger partial charge < -0.3 is 19.8 Å². The van der Waals surface area contributed by atoms with Gasteiger partial charge in [0.15, 0.2) is 5.58 Å². The van der Waals surface area contributed by atoms with Crippen molar-refractivity contribution in [2.24, 2.45) is 5.92 Å². The molecule has 0 radical (unpaired) electrons. The molecule has 1 saturated carbocycles. The van der Waals surface area contributed by atoms with E-state index in [2.05, 4.69) is 58.1 Å². The standard InChI is InChI=1S/C25H31N3O2/c1(2-13-29-22-6-3-5-21(15-22)20-8-9-20)4-18-7-10-23-24(14-18)30-25(28-23)27-17-19-11-12-26-16-19/h3,5-7,10,14-15,19-20,26H,1-2,4,8-9,11-13,16-17H2,(H,27,28)/t19-/m0/s1. The third-order valence-corrected chi connectivity index (χ3v) is 6.19. The second-order valence-electron chi connectivity index (χ2n) is 8.71. The van der Waals surface area contributed by atoms with Crippen LogP contribution in [0.4, 0.5) is 6.01 Å². The Kier molecular flexibility index (Phi) is 5.89. The van der Waals surface area contributed by atoms with Crippen LogP contribution in [0.3, 0.4) is 0 Å². The molecule has 5 rings (SSSR count). The molecule has 1 aliphatic heterocycles. The first-order chi connectivity index (χ1) is 14.8. The molecule has 30 heavy (non-hydrogen) atoms. The molecule has 3 aromatic rings. The molecule has 2 heterocycles. The van der Waals surface area contributed by atoms with Crippen LogP contribution in [0.1, 0.15) is 49.1 Å². The summed E-state index contributed by atoms with van der Waals surface area (Å²) in [5.74, 6) is 2.44. The fourth-order valence-electron chi connectivity index (χ4n) is 4.22. The number of rotatable bonds is 10. The topological polar surface area (TPSA) is 59.3 Å². The van der Waals surface area contributed by atoms with Crippen molar-refractivity contribution in [1.29, 1.82) is 0 Å². The lowest BCUT2D eigenvalue weighted by molar-refractivity contribution is 0.306. The Balaban J connectivity index is 1.07. The molecule has 1 aliphatic carbocycles. The first-order valence-electron chi connectivity index (χ1n) is 11.4. The highest BCUT2D eigenvalue weighted by atomic mass is 16.5. The molecule has 2 N–H and O–H groups in total. The number of nitrogens with one attached hydrogen (secondary N) is 2. The summed E-state index contributed by atoms with van der Waals surface area (Å²) in [7, 11) is 0. The first-order valence-corrected chi connectivity index (χ1v) is 11.4. The van der Waals surface area contributed by atoms with Crippen LogP contribution in [0.25, 0.3) is 11.1 Å². The Hall–Kier alpha value is -2.53. The van der Waals surface area contributed by atoms with E-state index in [1.807, 2.05) is 0 Å². The Morgan fingerprint density at radius 3 is 2.93 bits per heavy atom. The normalized spacial score (nSPS) is 18.7. The van der Waals surface area contributed by atoms with E-state index < -0.39 is 0 Å². The average molecular weight is 406 g/mol. The van der Waals surface area contributed by atoms with Gasteiger partial charge in [0.2, 0.25) is 0 Å². The van der Waals surface area contributed by atoms with Gasteiger partial charge in [-0.15, -0.1) is 0 Å². The van der Waals surface area contributed by atoms with Crippen molar-refractivity contribution >= 4 is 17.1 Å². The number of nitrogens with zero attached hydrogens (tertiary/aromatic N) is 1. The van der Waals surface area contributed by atoms with Crippen LogP contribution >= 0.6 is 0 Å². The molecule has 2 fully saturated rings. The first kappa shape index (κ1) is 19.4. The van der Waals surface area contributed by atoms with Crippen molar-refractivity contribution < 1.29 is 9.15 Å². The van der Waals surface area contributed by atoms with Crippen molar-refractivity contribution in [2.75, 3.05) is 31.6 Å². The third kappa shape index (κ3) is 4.96. The molecule has 1 atom stereocenters. The second kappa shape index (κ2) is 9.09. The lowest BCUT2D eigenvalue weighted by Crippen LogP contribution is -2.17. The van der Waals surface area contributed by atoms with Crippen molar-refractivity contribution in [3.8, 4) is 5.75 Å². The predicted octanol–water partition coefficient (Wildman–Crippen LogP) is 5.13. The number of unbranched alkanes of at least 4 members (excludes halogenated alkanes) is 1. The van der Waals surface area contributed by atoms with Crippen LogP contribution in [-0.4, -0.2) is 31.2 Å². The molecule has 0 spiro atoms. The van der Waals surface area contributed by atoms with Gasteiger partial charge in [0.05, 0.1) is 6.61 Å². The zero-order valence-electron chi connectivity index (χ0n) is 17.5. The van der Waals surface area contributed by atoms with Crippen molar-refractivity contribution in [3.63, 3.8) is 0 Å². The Bertz CT molecular complexity index is 973. The van der Waals surface area contributed by atoms with E-state index in [9.17, 15) is 0 Å². The monoisotopic (exact) mass is 405 g/mol. The molecule has 5 heteroatoms. The number of hydrogen-bond donors (Lipinski definition) is 2. The van der Waals surface area contributed by atoms with E-state index in [4.69, 9.17) is 9.15 Å². The molecular formula is C25H31N3O2. The molecule has 1 aromatic heterocycles. The van der Waals surface area contributed by atoms with E-state index in [0.29, 0.717) is 11.9 Å². The van der Waals surface area contributed by atoms with Crippen LogP contribution in [0.15, 0.2) is 46.9 Å². The number of hydrogen-bond acceptors (Lipinski definition) is 5. The van der Waals surface area contributed by atoms with E-state index in [1.54, 1.807) is 0 Å². The van der Waals surface area contributed by atoms with Gasteiger partial charge in [-0.2, -0.15) is 4.98 Å². The van der Waals surface area contributed by atoms with Crippen LogP contribution in [0.5, 0.6) is 5.75 Å². The number of aromatic nitrogens is 1. The summed E-state index contributed by atoms with van der Waals surface area (Å²) in [4.78, 5) is 4.56. The number of ether oxygens (including phenoxy) is 1. The molecule has 1 saturated heterocycles. The van der Waals surface area contributed by atoms with Crippen LogP contribution in [0, 0.1) is 5.92 Å². The highest BCUT2D eigenvalue weighted by Gasteiger charge is 2.23. The fourth-order valence-corrected chi connectivity index (χ4v) is 4.22. The van der Waals surface area contributed by atoms with Gasteiger partial charge in [-0.05, 0) is 98.8 Å². The lowest BCUT2D eigenvalue weighted by Gasteiger charge is -2.08. The minimum absolute atomic E-state index is 0.635. The zero-order valence-corrected chi connectivity index (χ0v) is 17.5. The van der Waals surface area contributed by atoms with Gasteiger partial charge in [-0.25, -0.2) is 0 Å². The van der Waals surface area contributed by atoms with E-state index in [-0.39, 0.29) is 0 Å². The van der Waals surface area contributed by atoms with E-state index in [0.717, 1.165) is 68.3 Å². The maximum Gasteiger partial charge on any atom is 0.295 e. The smallest absolute Gasteiger partial charge is 0.295 e. The third-order valence-electron chi connectivity index (χ3n) is 6.19. The minimum atomic E-state index is 0.635. The Labute approximate surface area is 178 Å². The molecule has 0 unspecified atom stereocenters. The van der Waals surface area contributed by atoms with Crippen LogP contribution < -0.4 is 15.4 Å². The van der Waals surface area contributed by atoms with E-state index >= 15 is 0 Å². The Morgan fingerprint density at radius 1 is 1.10 bits per heavy atom. The zero-order chi connectivity index (χ0) is 20.2. The molecular weight excluding hydrogens is 374 g/mol. The number of benzene rings is 2. The average Bonchev–Trinajstić information content (AvgIpc) is 3.33. The number of aryl methyl sites for hydroxylation is 1. The van der Waals surface area contributed by atoms with Gasteiger partial charge >= 0.3 is 0 Å². The van der Waals surface area contributed by atoms with Crippen molar-refractivity contribution in [3.05, 3.63) is 53.6 Å². The summed E-state index contributed by atoms with van der Waals surface area (Å²) < 4.78 is 11.9. The molecule has 158 valence electrons. The summed E-state index contributed by atoms with van der Waals surface area (Å²) in [5, 5.41) is 6.74. The lowest BCUT2D eigenvalue weighted by atomic mass is 10.1. The summed E-state index contributed by atoms with van der Waals surface area (Å²) in [6.45, 7) is 3.87. The number of oxazole rings is 1. The van der Waals surface area contributed by atoms with Gasteiger partial charge in [-0.3, -0.25) is 0 Å². The molecule has 0 bridgehead atoms. The van der Waals surface area contributed by atoms with Gasteiger partial charge in [-0.1, -0.05) is 18.2 Å². The van der Waals surface area contributed by atoms with Gasteiger partial charge in [0.1, 0.15) is 11.3 Å². The maximum atomic E-state index is 5.96. The van der Waals surface area contributed by atoms with Crippen molar-refractivity contribution in [2.45, 2.75) is 44.4 Å². The molecule has 2 aromatic carbocycles. The van der Waals surface area contributed by atoms with Crippen LogP contribution in [0.2, 0.25) is 0 Å². The van der Waals surface area contributed by atoms with Crippen LogP contribution in [-0.2, 0) is 6.42 Å². The summed E-state index contributed by atoms with van der Waals surface area (Å²) in [5.41, 5.74) is 4.51. The summed E-state index contributed by atoms with van der Waals surface area (Å²) in [6.07, 6.45) is 7.04. The van der Waals surface area contributed by atoms with Gasteiger partial charge in [0, 0.05) is 6.54 Å². The second-order valence-corrected chi connectivity index (χ2v) is 8.71. The van der Waals surface area contributed by atoms with Crippen molar-refractivity contribution in [1.82, 2.24) is 10.3 Å². The SMILES string of the molecule is c1cc(OCCCCc2ccc3nc(NC[C@H]4CCNC4)oc3c2)cc(C2CC2)c1. The predicted molar refractivity (Wildman–Crippen MR) is 120 cm³/mol. The highest BCUT2D eigenvalue weighted by molar-refractivity contribution is 5.75. The largest absolute Gasteiger partial charge is 0.494 e. The Morgan fingerprint density at radius 2 is 2.07 bits per heavy atom. The summed E-state index contributed by atoms with van der Waals surface area (Å²) >= 11 is 0. The molecule has 0 amide bonds. The van der Waals surface area contributed by atoms with Gasteiger partial charge in [0.25, 0.3) is 6.01 Å². The molecule has 5 nitrogen and oxygen atoms in total. The summed E-state index contributed by atoms with van der Waals surface area (Å²) in [6, 6.07) is 15.6. The maximum absolute atomic E-state index is 5.96. The molecule has 2 aliphatic rings. The number of anilines is 1. The van der Waals surface area contributed by atoms with E-state index in [1.165, 1.54) is 30.4 Å². The highest BCUT2D eigenvalue weighted by Crippen LogP contribution is 2.40. The minimum Gasteiger partial charge on any atom is -0.494 e. The fraction of sp³-hybridized carbons (Fsp3) is 0.480. The quantitative estimate of drug-likeness (QED) is 0.458.